The van der Waals surface area contributed by atoms with E-state index in [4.69, 9.17) is 9.47 Å². The van der Waals surface area contributed by atoms with Crippen LogP contribution in [0.15, 0.2) is 18.2 Å². The third-order valence-corrected chi connectivity index (χ3v) is 2.62. The Labute approximate surface area is 96.8 Å². The Morgan fingerprint density at radius 2 is 1.94 bits per heavy atom. The van der Waals surface area contributed by atoms with E-state index in [9.17, 15) is 0 Å². The highest BCUT2D eigenvalue weighted by Crippen LogP contribution is 2.30. The van der Waals surface area contributed by atoms with Gasteiger partial charge in [-0.05, 0) is 43.6 Å². The van der Waals surface area contributed by atoms with Crippen molar-refractivity contribution in [3.8, 4) is 11.5 Å². The first-order valence-electron chi connectivity index (χ1n) is 5.99. The van der Waals surface area contributed by atoms with E-state index in [1.807, 2.05) is 6.07 Å². The van der Waals surface area contributed by atoms with E-state index in [1.165, 1.54) is 12.0 Å². The smallest absolute Gasteiger partial charge is 0.161 e. The maximum absolute atomic E-state index is 5.55. The Hall–Kier alpha value is -1.22. The van der Waals surface area contributed by atoms with Crippen LogP contribution in [0.2, 0.25) is 0 Å². The first-order valence-corrected chi connectivity index (χ1v) is 5.99. The van der Waals surface area contributed by atoms with Crippen molar-refractivity contribution in [3.63, 3.8) is 0 Å². The standard InChI is InChI=1S/C13H19NO2/c1-2-6-14-7-5-11-3-4-12-13(10-11)16-9-8-15-12/h3-4,10,14H,2,5-9H2,1H3. The minimum Gasteiger partial charge on any atom is -0.486 e. The molecule has 0 atom stereocenters. The summed E-state index contributed by atoms with van der Waals surface area (Å²) < 4.78 is 11.0. The number of hydrogen-bond acceptors (Lipinski definition) is 3. The third-order valence-electron chi connectivity index (χ3n) is 2.62. The van der Waals surface area contributed by atoms with Crippen LogP contribution in [0.4, 0.5) is 0 Å². The average molecular weight is 221 g/mol. The van der Waals surface area contributed by atoms with Gasteiger partial charge in [0.05, 0.1) is 0 Å². The van der Waals surface area contributed by atoms with Crippen molar-refractivity contribution in [3.05, 3.63) is 23.8 Å². The summed E-state index contributed by atoms with van der Waals surface area (Å²) in [7, 11) is 0. The molecule has 0 aliphatic carbocycles. The SMILES string of the molecule is CCCNCCc1ccc2c(c1)OCCO2. The lowest BCUT2D eigenvalue weighted by Gasteiger charge is -2.18. The van der Waals surface area contributed by atoms with E-state index in [0.29, 0.717) is 13.2 Å². The molecule has 0 fully saturated rings. The molecular weight excluding hydrogens is 202 g/mol. The molecular formula is C13H19NO2. The molecule has 0 spiro atoms. The minimum atomic E-state index is 0.657. The van der Waals surface area contributed by atoms with E-state index < -0.39 is 0 Å². The van der Waals surface area contributed by atoms with Crippen LogP contribution >= 0.6 is 0 Å². The second kappa shape index (κ2) is 5.75. The Morgan fingerprint density at radius 3 is 2.75 bits per heavy atom. The lowest BCUT2D eigenvalue weighted by molar-refractivity contribution is 0.171. The highest BCUT2D eigenvalue weighted by molar-refractivity contribution is 5.43. The van der Waals surface area contributed by atoms with Gasteiger partial charge in [-0.15, -0.1) is 0 Å². The van der Waals surface area contributed by atoms with Gasteiger partial charge in [0.25, 0.3) is 0 Å². The van der Waals surface area contributed by atoms with Gasteiger partial charge in [-0.25, -0.2) is 0 Å². The van der Waals surface area contributed by atoms with Crippen molar-refractivity contribution >= 4 is 0 Å². The second-order valence-electron chi connectivity index (χ2n) is 3.98. The molecule has 3 heteroatoms. The number of ether oxygens (including phenoxy) is 2. The Kier molecular flexibility index (Phi) is 4.05. The van der Waals surface area contributed by atoms with Crippen LogP contribution in [-0.4, -0.2) is 26.3 Å². The topological polar surface area (TPSA) is 30.5 Å². The molecule has 1 aromatic rings. The largest absolute Gasteiger partial charge is 0.486 e. The number of benzene rings is 1. The van der Waals surface area contributed by atoms with Crippen LogP contribution < -0.4 is 14.8 Å². The molecule has 0 saturated carbocycles. The van der Waals surface area contributed by atoms with E-state index in [0.717, 1.165) is 31.0 Å². The van der Waals surface area contributed by atoms with E-state index >= 15 is 0 Å². The van der Waals surface area contributed by atoms with Gasteiger partial charge in [0, 0.05) is 0 Å². The molecule has 0 aromatic heterocycles. The lowest BCUT2D eigenvalue weighted by atomic mass is 10.1. The van der Waals surface area contributed by atoms with Crippen LogP contribution in [0.3, 0.4) is 0 Å². The molecule has 0 radical (unpaired) electrons. The molecule has 0 amide bonds. The van der Waals surface area contributed by atoms with Crippen LogP contribution in [0.5, 0.6) is 11.5 Å². The van der Waals surface area contributed by atoms with E-state index in [-0.39, 0.29) is 0 Å². The molecule has 2 rings (SSSR count). The maximum Gasteiger partial charge on any atom is 0.161 e. The molecule has 0 unspecified atom stereocenters. The fraction of sp³-hybridized carbons (Fsp3) is 0.538. The van der Waals surface area contributed by atoms with Gasteiger partial charge >= 0.3 is 0 Å². The van der Waals surface area contributed by atoms with Crippen molar-refractivity contribution in [2.75, 3.05) is 26.3 Å². The zero-order valence-electron chi connectivity index (χ0n) is 9.79. The summed E-state index contributed by atoms with van der Waals surface area (Å²) in [5.74, 6) is 1.76. The van der Waals surface area contributed by atoms with Crippen molar-refractivity contribution < 1.29 is 9.47 Å². The summed E-state index contributed by atoms with van der Waals surface area (Å²) in [5.41, 5.74) is 1.30. The number of fused-ring (bicyclic) bond motifs is 1. The fourth-order valence-electron chi connectivity index (χ4n) is 1.78. The van der Waals surface area contributed by atoms with Crippen molar-refractivity contribution in [1.29, 1.82) is 0 Å². The average Bonchev–Trinajstić information content (AvgIpc) is 2.34. The van der Waals surface area contributed by atoms with Gasteiger partial charge < -0.3 is 14.8 Å². The maximum atomic E-state index is 5.55. The van der Waals surface area contributed by atoms with Crippen molar-refractivity contribution in [2.24, 2.45) is 0 Å². The minimum absolute atomic E-state index is 0.657. The van der Waals surface area contributed by atoms with Crippen LogP contribution in [0.25, 0.3) is 0 Å². The summed E-state index contributed by atoms with van der Waals surface area (Å²) in [5, 5.41) is 3.39. The predicted molar refractivity (Wildman–Crippen MR) is 64.3 cm³/mol. The van der Waals surface area contributed by atoms with Gasteiger partial charge in [-0.1, -0.05) is 13.0 Å². The van der Waals surface area contributed by atoms with E-state index in [2.05, 4.69) is 24.4 Å². The van der Waals surface area contributed by atoms with Crippen LogP contribution in [0, 0.1) is 0 Å². The summed E-state index contributed by atoms with van der Waals surface area (Å²) in [6.45, 7) is 5.60. The van der Waals surface area contributed by atoms with Gasteiger partial charge in [0.15, 0.2) is 11.5 Å². The fourth-order valence-corrected chi connectivity index (χ4v) is 1.78. The highest BCUT2D eigenvalue weighted by Gasteiger charge is 2.11. The van der Waals surface area contributed by atoms with Crippen LogP contribution in [0.1, 0.15) is 18.9 Å². The first-order chi connectivity index (χ1) is 7.90. The van der Waals surface area contributed by atoms with Crippen molar-refractivity contribution in [1.82, 2.24) is 5.32 Å². The second-order valence-corrected chi connectivity index (χ2v) is 3.98. The molecule has 88 valence electrons. The summed E-state index contributed by atoms with van der Waals surface area (Å²) in [6, 6.07) is 6.20. The zero-order chi connectivity index (χ0) is 11.2. The normalized spacial score (nSPS) is 13.8. The molecule has 16 heavy (non-hydrogen) atoms. The molecule has 1 N–H and O–H groups in total. The molecule has 1 aromatic carbocycles. The number of nitrogens with one attached hydrogen (secondary N) is 1. The quantitative estimate of drug-likeness (QED) is 0.771. The lowest BCUT2D eigenvalue weighted by Crippen LogP contribution is -2.18. The summed E-state index contributed by atoms with van der Waals surface area (Å²) in [6.07, 6.45) is 2.22. The Morgan fingerprint density at radius 1 is 1.12 bits per heavy atom. The van der Waals surface area contributed by atoms with E-state index in [1.54, 1.807) is 0 Å². The Balaban J connectivity index is 1.90. The van der Waals surface area contributed by atoms with Gasteiger partial charge in [0.2, 0.25) is 0 Å². The summed E-state index contributed by atoms with van der Waals surface area (Å²) >= 11 is 0. The first kappa shape index (κ1) is 11.3. The molecule has 1 aliphatic heterocycles. The third kappa shape index (κ3) is 2.89. The molecule has 1 aliphatic rings. The van der Waals surface area contributed by atoms with Gasteiger partial charge in [0.1, 0.15) is 13.2 Å². The molecule has 0 bridgehead atoms. The number of rotatable bonds is 5. The van der Waals surface area contributed by atoms with Gasteiger partial charge in [-0.2, -0.15) is 0 Å². The molecule has 0 saturated heterocycles. The summed E-state index contributed by atoms with van der Waals surface area (Å²) in [4.78, 5) is 0. The molecule has 3 nitrogen and oxygen atoms in total. The molecule has 1 heterocycles. The number of hydrogen-bond donors (Lipinski definition) is 1. The van der Waals surface area contributed by atoms with Crippen molar-refractivity contribution in [2.45, 2.75) is 19.8 Å². The van der Waals surface area contributed by atoms with Crippen LogP contribution in [-0.2, 0) is 6.42 Å². The Bertz CT molecular complexity index is 339. The van der Waals surface area contributed by atoms with Gasteiger partial charge in [-0.3, -0.25) is 0 Å². The highest BCUT2D eigenvalue weighted by atomic mass is 16.6. The predicted octanol–water partition coefficient (Wildman–Crippen LogP) is 2.00. The monoisotopic (exact) mass is 221 g/mol. The zero-order valence-corrected chi connectivity index (χ0v) is 9.79.